The third-order valence-corrected chi connectivity index (χ3v) is 4.53. The van der Waals surface area contributed by atoms with Crippen LogP contribution in [0.1, 0.15) is 46.1 Å². The summed E-state index contributed by atoms with van der Waals surface area (Å²) >= 11 is 6.08. The quantitative estimate of drug-likeness (QED) is 0.866. The first kappa shape index (κ1) is 17.1. The summed E-state index contributed by atoms with van der Waals surface area (Å²) in [4.78, 5) is 12.0. The van der Waals surface area contributed by atoms with Gasteiger partial charge in [0.05, 0.1) is 0 Å². The highest BCUT2D eigenvalue weighted by molar-refractivity contribution is 6.31. The molecule has 1 fully saturated rings. The van der Waals surface area contributed by atoms with Gasteiger partial charge in [0.25, 0.3) is 0 Å². The molecule has 0 aromatic heterocycles. The smallest absolute Gasteiger partial charge is 0.412 e. The third kappa shape index (κ3) is 3.55. The van der Waals surface area contributed by atoms with E-state index >= 15 is 0 Å². The number of amides is 1. The van der Waals surface area contributed by atoms with Gasteiger partial charge in [0.15, 0.2) is 0 Å². The van der Waals surface area contributed by atoms with Crippen molar-refractivity contribution in [1.82, 2.24) is 0 Å². The van der Waals surface area contributed by atoms with Crippen molar-refractivity contribution in [2.24, 2.45) is 17.1 Å². The van der Waals surface area contributed by atoms with Gasteiger partial charge >= 0.3 is 6.09 Å². The summed E-state index contributed by atoms with van der Waals surface area (Å²) in [6.07, 6.45) is -0.473. The first-order chi connectivity index (χ1) is 10.1. The first-order valence-electron chi connectivity index (χ1n) is 7.56. The highest BCUT2D eigenvalue weighted by atomic mass is 35.5. The van der Waals surface area contributed by atoms with E-state index in [2.05, 4.69) is 19.2 Å². The van der Waals surface area contributed by atoms with Gasteiger partial charge < -0.3 is 10.5 Å². The van der Waals surface area contributed by atoms with Crippen LogP contribution in [0, 0.1) is 11.3 Å². The number of benzene rings is 1. The van der Waals surface area contributed by atoms with Crippen LogP contribution in [0.2, 0.25) is 5.02 Å². The van der Waals surface area contributed by atoms with Crippen molar-refractivity contribution in [3.05, 3.63) is 28.8 Å². The van der Waals surface area contributed by atoms with Crippen LogP contribution in [0.15, 0.2) is 18.2 Å². The summed E-state index contributed by atoms with van der Waals surface area (Å²) in [6.45, 7) is 10.5. The van der Waals surface area contributed by atoms with E-state index < -0.39 is 11.7 Å². The van der Waals surface area contributed by atoms with Gasteiger partial charge in [0.1, 0.15) is 5.60 Å². The topological polar surface area (TPSA) is 64.3 Å². The molecule has 122 valence electrons. The molecule has 0 spiro atoms. The maximum absolute atomic E-state index is 12.0. The Hall–Kier alpha value is -1.26. The van der Waals surface area contributed by atoms with E-state index in [1.165, 1.54) is 0 Å². The van der Waals surface area contributed by atoms with Crippen LogP contribution >= 0.6 is 11.6 Å². The van der Waals surface area contributed by atoms with Crippen molar-refractivity contribution in [2.45, 2.75) is 46.1 Å². The van der Waals surface area contributed by atoms with Crippen LogP contribution in [0.25, 0.3) is 0 Å². The Morgan fingerprint density at radius 1 is 1.41 bits per heavy atom. The molecule has 0 heterocycles. The minimum absolute atomic E-state index is 0.132. The molecular formula is C17H25ClN2O2. The minimum atomic E-state index is -0.540. The van der Waals surface area contributed by atoms with Gasteiger partial charge in [-0.25, -0.2) is 4.79 Å². The number of hydrogen-bond acceptors (Lipinski definition) is 3. The Morgan fingerprint density at radius 2 is 2.05 bits per heavy atom. The molecule has 0 unspecified atom stereocenters. The zero-order valence-electron chi connectivity index (χ0n) is 13.9. The Bertz CT molecular complexity index is 579. The van der Waals surface area contributed by atoms with E-state index in [0.717, 1.165) is 5.56 Å². The van der Waals surface area contributed by atoms with Crippen LogP contribution in [0.5, 0.6) is 0 Å². The number of hydrogen-bond donors (Lipinski definition) is 2. The highest BCUT2D eigenvalue weighted by Crippen LogP contribution is 2.65. The molecule has 22 heavy (non-hydrogen) atoms. The predicted octanol–water partition coefficient (Wildman–Crippen LogP) is 4.39. The van der Waals surface area contributed by atoms with Crippen LogP contribution in [-0.2, 0) is 4.74 Å². The summed E-state index contributed by atoms with van der Waals surface area (Å²) in [5.41, 5.74) is 7.23. The molecule has 5 heteroatoms. The number of anilines is 1. The number of rotatable bonds is 3. The van der Waals surface area contributed by atoms with Crippen molar-refractivity contribution in [3.63, 3.8) is 0 Å². The summed E-state index contributed by atoms with van der Waals surface area (Å²) in [7, 11) is 0. The van der Waals surface area contributed by atoms with Crippen molar-refractivity contribution in [1.29, 1.82) is 0 Å². The Labute approximate surface area is 137 Å². The SMILES string of the molecule is CC(C)(C)OC(=O)Nc1cc(Cl)ccc1[C@@H]1[C@@H](CN)C1(C)C. The van der Waals surface area contributed by atoms with Crippen LogP contribution < -0.4 is 11.1 Å². The number of halogens is 1. The number of nitrogens with one attached hydrogen (secondary N) is 1. The molecule has 1 aliphatic carbocycles. The predicted molar refractivity (Wildman–Crippen MR) is 90.4 cm³/mol. The zero-order chi connectivity index (χ0) is 16.7. The number of ether oxygens (including phenoxy) is 1. The van der Waals surface area contributed by atoms with E-state index in [-0.39, 0.29) is 5.41 Å². The molecule has 0 saturated heterocycles. The second-order valence-electron chi connectivity index (χ2n) is 7.50. The van der Waals surface area contributed by atoms with Gasteiger partial charge in [-0.1, -0.05) is 31.5 Å². The summed E-state index contributed by atoms with van der Waals surface area (Å²) in [6, 6.07) is 5.58. The largest absolute Gasteiger partial charge is 0.444 e. The summed E-state index contributed by atoms with van der Waals surface area (Å²) in [5.74, 6) is 0.729. The van der Waals surface area contributed by atoms with Crippen molar-refractivity contribution in [3.8, 4) is 0 Å². The molecule has 1 saturated carbocycles. The lowest BCUT2D eigenvalue weighted by molar-refractivity contribution is 0.0636. The van der Waals surface area contributed by atoms with E-state index in [1.54, 1.807) is 6.07 Å². The molecule has 1 amide bonds. The lowest BCUT2D eigenvalue weighted by Crippen LogP contribution is -2.27. The summed E-state index contributed by atoms with van der Waals surface area (Å²) in [5, 5.41) is 3.41. The third-order valence-electron chi connectivity index (χ3n) is 4.29. The number of carbonyl (C=O) groups excluding carboxylic acids is 1. The van der Waals surface area contributed by atoms with Crippen molar-refractivity contribution < 1.29 is 9.53 Å². The molecule has 1 aliphatic rings. The normalized spacial score (nSPS) is 23.0. The monoisotopic (exact) mass is 324 g/mol. The molecule has 3 N–H and O–H groups in total. The Morgan fingerprint density at radius 3 is 2.55 bits per heavy atom. The fraction of sp³-hybridized carbons (Fsp3) is 0.588. The maximum Gasteiger partial charge on any atom is 0.412 e. The van der Waals surface area contributed by atoms with Crippen molar-refractivity contribution >= 4 is 23.4 Å². The molecule has 1 aromatic rings. The van der Waals surface area contributed by atoms with Gasteiger partial charge in [-0.3, -0.25) is 5.32 Å². The molecule has 0 bridgehead atoms. The molecule has 2 atom stereocenters. The van der Waals surface area contributed by atoms with Crippen LogP contribution in [0.3, 0.4) is 0 Å². The van der Waals surface area contributed by atoms with Gasteiger partial charge in [-0.2, -0.15) is 0 Å². The van der Waals surface area contributed by atoms with E-state index in [1.807, 2.05) is 32.9 Å². The molecule has 4 nitrogen and oxygen atoms in total. The van der Waals surface area contributed by atoms with Gasteiger partial charge in [-0.05, 0) is 62.3 Å². The molecular weight excluding hydrogens is 300 g/mol. The average molecular weight is 325 g/mol. The lowest BCUT2D eigenvalue weighted by Gasteiger charge is -2.21. The molecule has 0 aliphatic heterocycles. The van der Waals surface area contributed by atoms with Gasteiger partial charge in [0, 0.05) is 10.7 Å². The number of carbonyl (C=O) groups is 1. The summed E-state index contributed by atoms with van der Waals surface area (Å²) < 4.78 is 5.32. The second-order valence-corrected chi connectivity index (χ2v) is 7.94. The fourth-order valence-electron chi connectivity index (χ4n) is 3.12. The minimum Gasteiger partial charge on any atom is -0.444 e. The number of nitrogens with two attached hydrogens (primary N) is 1. The second kappa shape index (κ2) is 5.74. The van der Waals surface area contributed by atoms with E-state index in [9.17, 15) is 4.79 Å². The lowest BCUT2D eigenvalue weighted by atomic mass is 10.0. The van der Waals surface area contributed by atoms with E-state index in [4.69, 9.17) is 22.1 Å². The fourth-order valence-corrected chi connectivity index (χ4v) is 3.30. The van der Waals surface area contributed by atoms with Crippen LogP contribution in [0.4, 0.5) is 10.5 Å². The Balaban J connectivity index is 2.25. The van der Waals surface area contributed by atoms with Crippen LogP contribution in [-0.4, -0.2) is 18.2 Å². The van der Waals surface area contributed by atoms with Crippen molar-refractivity contribution in [2.75, 3.05) is 11.9 Å². The highest BCUT2D eigenvalue weighted by Gasteiger charge is 2.57. The first-order valence-corrected chi connectivity index (χ1v) is 7.93. The van der Waals surface area contributed by atoms with Gasteiger partial charge in [-0.15, -0.1) is 0 Å². The molecule has 0 radical (unpaired) electrons. The van der Waals surface area contributed by atoms with Gasteiger partial charge in [0.2, 0.25) is 0 Å². The van der Waals surface area contributed by atoms with E-state index in [0.29, 0.717) is 29.1 Å². The molecule has 2 rings (SSSR count). The maximum atomic E-state index is 12.0. The standard InChI is InChI=1S/C17H25ClN2O2/c1-16(2,3)22-15(21)20-13-8-10(18)6-7-11(13)14-12(9-19)17(14,4)5/h6-8,12,14H,9,19H2,1-5H3,(H,20,21)/t12-,14-/m1/s1. The molecule has 1 aromatic carbocycles. The zero-order valence-corrected chi connectivity index (χ0v) is 14.6. The Kier molecular flexibility index (Phi) is 4.46. The average Bonchev–Trinajstić information content (AvgIpc) is 2.88.